The van der Waals surface area contributed by atoms with Crippen molar-refractivity contribution in [2.75, 3.05) is 14.2 Å². The van der Waals surface area contributed by atoms with Crippen LogP contribution < -0.4 is 4.74 Å². The summed E-state index contributed by atoms with van der Waals surface area (Å²) in [4.78, 5) is 11.7. The van der Waals surface area contributed by atoms with Crippen LogP contribution in [0.3, 0.4) is 0 Å². The molecule has 1 aromatic heterocycles. The van der Waals surface area contributed by atoms with Crippen molar-refractivity contribution in [3.8, 4) is 5.75 Å². The number of ether oxygens (including phenoxy) is 2. The molecule has 0 bridgehead atoms. The summed E-state index contributed by atoms with van der Waals surface area (Å²) in [5, 5.41) is 0.253. The molecule has 0 aliphatic carbocycles. The second-order valence-corrected chi connectivity index (χ2v) is 4.72. The largest absolute Gasteiger partial charge is 0.494 e. The second kappa shape index (κ2) is 4.73. The molecule has 0 N–H and O–H groups in total. The van der Waals surface area contributed by atoms with Crippen molar-refractivity contribution in [2.45, 2.75) is 6.18 Å². The average Bonchev–Trinajstić information content (AvgIpc) is 2.74. The minimum absolute atomic E-state index is 0.109. The van der Waals surface area contributed by atoms with E-state index in [-0.39, 0.29) is 16.0 Å². The van der Waals surface area contributed by atoms with E-state index < -0.39 is 17.7 Å². The maximum absolute atomic E-state index is 12.7. The number of esters is 1. The van der Waals surface area contributed by atoms with Gasteiger partial charge in [-0.1, -0.05) is 0 Å². The number of carbonyl (C=O) groups excluding carboxylic acids is 1. The normalized spacial score (nSPS) is 11.6. The fourth-order valence-corrected chi connectivity index (χ4v) is 2.75. The molecule has 3 nitrogen and oxygen atoms in total. The lowest BCUT2D eigenvalue weighted by molar-refractivity contribution is -0.137. The van der Waals surface area contributed by atoms with Gasteiger partial charge >= 0.3 is 12.1 Å². The molecule has 0 aliphatic rings. The van der Waals surface area contributed by atoms with Gasteiger partial charge in [0.05, 0.1) is 19.8 Å². The van der Waals surface area contributed by atoms with E-state index in [0.717, 1.165) is 23.5 Å². The Bertz CT molecular complexity index is 631. The fourth-order valence-electron chi connectivity index (χ4n) is 1.68. The quantitative estimate of drug-likeness (QED) is 0.791. The van der Waals surface area contributed by atoms with Crippen molar-refractivity contribution in [3.63, 3.8) is 0 Å². The molecule has 0 atom stereocenters. The highest BCUT2D eigenvalue weighted by atomic mass is 32.1. The standard InChI is InChI=1S/C12H9F3O3S/c1-17-9-7-5-6(12(13,14)15)3-4-8(7)19-10(9)11(16)18-2/h3-5H,1-2H3. The molecule has 2 rings (SSSR count). The van der Waals surface area contributed by atoms with Crippen molar-refractivity contribution < 1.29 is 27.4 Å². The van der Waals surface area contributed by atoms with Crippen LogP contribution in [-0.2, 0) is 10.9 Å². The number of alkyl halides is 3. The highest BCUT2D eigenvalue weighted by Gasteiger charge is 2.31. The first kappa shape index (κ1) is 13.7. The molecule has 0 saturated heterocycles. The van der Waals surface area contributed by atoms with Gasteiger partial charge in [0.2, 0.25) is 0 Å². The number of fused-ring (bicyclic) bond motifs is 1. The Hall–Kier alpha value is -1.76. The summed E-state index contributed by atoms with van der Waals surface area (Å²) in [6.45, 7) is 0. The Labute approximate surface area is 110 Å². The molecule has 102 valence electrons. The summed E-state index contributed by atoms with van der Waals surface area (Å²) in [5.41, 5.74) is -0.785. The molecular weight excluding hydrogens is 281 g/mol. The lowest BCUT2D eigenvalue weighted by Crippen LogP contribution is -2.04. The smallest absolute Gasteiger partial charge is 0.416 e. The van der Waals surface area contributed by atoms with Gasteiger partial charge in [-0.05, 0) is 18.2 Å². The van der Waals surface area contributed by atoms with Crippen molar-refractivity contribution in [2.24, 2.45) is 0 Å². The van der Waals surface area contributed by atoms with E-state index in [1.54, 1.807) is 0 Å². The summed E-state index contributed by atoms with van der Waals surface area (Å²) in [6, 6.07) is 3.26. The molecule has 0 fully saturated rings. The van der Waals surface area contributed by atoms with Crippen LogP contribution in [-0.4, -0.2) is 20.2 Å². The number of hydrogen-bond acceptors (Lipinski definition) is 4. The number of carbonyl (C=O) groups is 1. The maximum atomic E-state index is 12.7. The van der Waals surface area contributed by atoms with E-state index in [1.807, 2.05) is 0 Å². The van der Waals surface area contributed by atoms with Crippen molar-refractivity contribution >= 4 is 27.4 Å². The van der Waals surface area contributed by atoms with Crippen LogP contribution in [0.2, 0.25) is 0 Å². The third-order valence-corrected chi connectivity index (χ3v) is 3.68. The summed E-state index contributed by atoms with van der Waals surface area (Å²) >= 11 is 1.03. The van der Waals surface area contributed by atoms with Crippen molar-refractivity contribution in [1.29, 1.82) is 0 Å². The van der Waals surface area contributed by atoms with E-state index in [9.17, 15) is 18.0 Å². The molecule has 0 spiro atoms. The number of methoxy groups -OCH3 is 2. The summed E-state index contributed by atoms with van der Waals surface area (Å²) in [6.07, 6.45) is -4.44. The predicted molar refractivity (Wildman–Crippen MR) is 64.7 cm³/mol. The lowest BCUT2D eigenvalue weighted by atomic mass is 10.1. The first-order valence-electron chi connectivity index (χ1n) is 5.14. The van der Waals surface area contributed by atoms with Crippen LogP contribution >= 0.6 is 11.3 Å². The minimum Gasteiger partial charge on any atom is -0.494 e. The van der Waals surface area contributed by atoms with Crippen molar-refractivity contribution in [1.82, 2.24) is 0 Å². The second-order valence-electron chi connectivity index (χ2n) is 3.66. The summed E-state index contributed by atoms with van der Waals surface area (Å²) in [7, 11) is 2.50. The van der Waals surface area contributed by atoms with E-state index in [1.165, 1.54) is 20.3 Å². The average molecular weight is 290 g/mol. The third kappa shape index (κ3) is 2.37. The molecule has 19 heavy (non-hydrogen) atoms. The maximum Gasteiger partial charge on any atom is 0.416 e. The molecule has 1 heterocycles. The van der Waals surface area contributed by atoms with Gasteiger partial charge in [-0.15, -0.1) is 11.3 Å². The molecule has 0 aliphatic heterocycles. The summed E-state index contributed by atoms with van der Waals surface area (Å²) in [5.74, 6) is -0.524. The SMILES string of the molecule is COC(=O)c1sc2ccc(C(F)(F)F)cc2c1OC. The topological polar surface area (TPSA) is 35.5 Å². The Kier molecular flexibility index (Phi) is 3.40. The first-order chi connectivity index (χ1) is 8.88. The van der Waals surface area contributed by atoms with Crippen LogP contribution in [0, 0.1) is 0 Å². The molecule has 0 amide bonds. The van der Waals surface area contributed by atoms with Crippen molar-refractivity contribution in [3.05, 3.63) is 28.6 Å². The molecule has 7 heteroatoms. The zero-order valence-corrected chi connectivity index (χ0v) is 10.8. The van der Waals surface area contributed by atoms with Gasteiger partial charge in [0.25, 0.3) is 0 Å². The van der Waals surface area contributed by atoms with Gasteiger partial charge in [0, 0.05) is 10.1 Å². The van der Waals surface area contributed by atoms with E-state index in [2.05, 4.69) is 4.74 Å². The van der Waals surface area contributed by atoms with Crippen LogP contribution in [0.4, 0.5) is 13.2 Å². The molecule has 0 unspecified atom stereocenters. The summed E-state index contributed by atoms with van der Waals surface area (Å²) < 4.78 is 48.1. The highest BCUT2D eigenvalue weighted by molar-refractivity contribution is 7.21. The van der Waals surface area contributed by atoms with Gasteiger partial charge in [-0.3, -0.25) is 0 Å². The fraction of sp³-hybridized carbons (Fsp3) is 0.250. The number of thiophene rings is 1. The number of benzene rings is 1. The Morgan fingerprint density at radius 1 is 1.26 bits per heavy atom. The minimum atomic E-state index is -4.44. The molecular formula is C12H9F3O3S. The van der Waals surface area contributed by atoms with E-state index in [0.29, 0.717) is 4.70 Å². The zero-order chi connectivity index (χ0) is 14.2. The van der Waals surface area contributed by atoms with Crippen LogP contribution in [0.15, 0.2) is 18.2 Å². The number of rotatable bonds is 2. The lowest BCUT2D eigenvalue weighted by Gasteiger charge is -2.06. The van der Waals surface area contributed by atoms with E-state index in [4.69, 9.17) is 4.74 Å². The van der Waals surface area contributed by atoms with Gasteiger partial charge in [0.1, 0.15) is 0 Å². The molecule has 2 aromatic rings. The van der Waals surface area contributed by atoms with Crippen LogP contribution in [0.25, 0.3) is 10.1 Å². The van der Waals surface area contributed by atoms with Gasteiger partial charge in [-0.25, -0.2) is 4.79 Å². The highest BCUT2D eigenvalue weighted by Crippen LogP contribution is 2.41. The molecule has 1 aromatic carbocycles. The predicted octanol–water partition coefficient (Wildman–Crippen LogP) is 3.72. The monoisotopic (exact) mass is 290 g/mol. The number of halogens is 3. The Balaban J connectivity index is 2.68. The van der Waals surface area contributed by atoms with Crippen LogP contribution in [0.1, 0.15) is 15.2 Å². The molecule has 0 radical (unpaired) electrons. The molecule has 0 saturated carbocycles. The van der Waals surface area contributed by atoms with Gasteiger partial charge in [-0.2, -0.15) is 13.2 Å². The zero-order valence-electron chi connectivity index (χ0n) is 10.00. The third-order valence-electron chi connectivity index (χ3n) is 2.54. The first-order valence-corrected chi connectivity index (χ1v) is 5.96. The van der Waals surface area contributed by atoms with Crippen LogP contribution in [0.5, 0.6) is 5.75 Å². The number of hydrogen-bond donors (Lipinski definition) is 0. The van der Waals surface area contributed by atoms with Gasteiger partial charge in [0.15, 0.2) is 10.6 Å². The van der Waals surface area contributed by atoms with E-state index >= 15 is 0 Å². The Morgan fingerprint density at radius 2 is 1.95 bits per heavy atom. The van der Waals surface area contributed by atoms with Gasteiger partial charge < -0.3 is 9.47 Å². The Morgan fingerprint density at radius 3 is 2.47 bits per heavy atom.